The fourth-order valence-electron chi connectivity index (χ4n) is 1.34. The Balaban J connectivity index is 1.98. The molecule has 0 amide bonds. The lowest BCUT2D eigenvalue weighted by Gasteiger charge is -2.07. The molecule has 0 saturated heterocycles. The summed E-state index contributed by atoms with van der Waals surface area (Å²) in [5.74, 6) is 0. The highest BCUT2D eigenvalue weighted by Crippen LogP contribution is 2.01. The van der Waals surface area contributed by atoms with E-state index >= 15 is 0 Å². The third kappa shape index (κ3) is 2.13. The summed E-state index contributed by atoms with van der Waals surface area (Å²) in [6, 6.07) is 6.10. The number of rotatable bonds is 3. The van der Waals surface area contributed by atoms with Crippen LogP contribution in [0.4, 0.5) is 0 Å². The van der Waals surface area contributed by atoms with Gasteiger partial charge in [-0.15, -0.1) is 0 Å². The van der Waals surface area contributed by atoms with Crippen LogP contribution in [0.3, 0.4) is 0 Å². The van der Waals surface area contributed by atoms with Gasteiger partial charge in [0.2, 0.25) is 0 Å². The summed E-state index contributed by atoms with van der Waals surface area (Å²) in [7, 11) is 0. The van der Waals surface area contributed by atoms with Crippen LogP contribution in [0.1, 0.15) is 11.1 Å². The Morgan fingerprint density at radius 1 is 1.29 bits per heavy atom. The van der Waals surface area contributed by atoms with Gasteiger partial charge in [-0.2, -0.15) is 0 Å². The fourth-order valence-corrected chi connectivity index (χ4v) is 1.34. The average molecular weight is 187 g/mol. The number of pyridine rings is 1. The lowest BCUT2D eigenvalue weighted by Crippen LogP contribution is -2.11. The van der Waals surface area contributed by atoms with Crippen molar-refractivity contribution in [1.29, 1.82) is 0 Å². The normalized spacial score (nSPS) is 10.1. The van der Waals surface area contributed by atoms with Crippen LogP contribution >= 0.6 is 0 Å². The van der Waals surface area contributed by atoms with Gasteiger partial charge in [-0.1, -0.05) is 6.07 Å². The highest BCUT2D eigenvalue weighted by Gasteiger charge is 1.93. The van der Waals surface area contributed by atoms with Crippen molar-refractivity contribution >= 4 is 0 Å². The van der Waals surface area contributed by atoms with E-state index in [4.69, 9.17) is 0 Å². The van der Waals surface area contributed by atoms with Crippen LogP contribution in [0.25, 0.3) is 0 Å². The standard InChI is InChI=1S/C11H13N3/c1-10-6-11(8-12-7-10)9-13-14-4-2-3-5-14/h2-8,13H,9H2,1H3. The summed E-state index contributed by atoms with van der Waals surface area (Å²) in [4.78, 5) is 4.13. The Morgan fingerprint density at radius 2 is 2.07 bits per heavy atom. The van der Waals surface area contributed by atoms with E-state index in [1.807, 2.05) is 48.5 Å². The maximum Gasteiger partial charge on any atom is 0.0579 e. The predicted octanol–water partition coefficient (Wildman–Crippen LogP) is 1.94. The van der Waals surface area contributed by atoms with Crippen molar-refractivity contribution in [3.8, 4) is 0 Å². The lowest BCUT2D eigenvalue weighted by atomic mass is 10.2. The van der Waals surface area contributed by atoms with E-state index in [0.29, 0.717) is 0 Å². The molecule has 0 radical (unpaired) electrons. The zero-order chi connectivity index (χ0) is 9.80. The zero-order valence-electron chi connectivity index (χ0n) is 8.14. The molecule has 0 atom stereocenters. The average Bonchev–Trinajstić information content (AvgIpc) is 2.67. The highest BCUT2D eigenvalue weighted by atomic mass is 15.4. The Morgan fingerprint density at radius 3 is 2.79 bits per heavy atom. The zero-order valence-corrected chi connectivity index (χ0v) is 8.14. The van der Waals surface area contributed by atoms with Gasteiger partial charge in [0.05, 0.1) is 6.54 Å². The summed E-state index contributed by atoms with van der Waals surface area (Å²) >= 11 is 0. The maximum atomic E-state index is 4.13. The number of nitrogens with zero attached hydrogens (tertiary/aromatic N) is 2. The van der Waals surface area contributed by atoms with Gasteiger partial charge >= 0.3 is 0 Å². The van der Waals surface area contributed by atoms with Crippen molar-refractivity contribution in [3.63, 3.8) is 0 Å². The Labute approximate surface area is 83.4 Å². The smallest absolute Gasteiger partial charge is 0.0579 e. The van der Waals surface area contributed by atoms with Gasteiger partial charge in [0.25, 0.3) is 0 Å². The van der Waals surface area contributed by atoms with Crippen LogP contribution in [0.2, 0.25) is 0 Å². The molecule has 2 rings (SSSR count). The van der Waals surface area contributed by atoms with Gasteiger partial charge in [-0.05, 0) is 30.2 Å². The number of aromatic nitrogens is 2. The van der Waals surface area contributed by atoms with Crippen LogP contribution in [-0.4, -0.2) is 9.66 Å². The molecule has 2 aromatic heterocycles. The van der Waals surface area contributed by atoms with Crippen molar-refractivity contribution in [2.24, 2.45) is 0 Å². The van der Waals surface area contributed by atoms with Gasteiger partial charge in [0.15, 0.2) is 0 Å². The van der Waals surface area contributed by atoms with Crippen molar-refractivity contribution in [2.75, 3.05) is 5.43 Å². The van der Waals surface area contributed by atoms with E-state index in [9.17, 15) is 0 Å². The second kappa shape index (κ2) is 3.96. The molecule has 1 N–H and O–H groups in total. The summed E-state index contributed by atoms with van der Waals surface area (Å²) < 4.78 is 1.93. The summed E-state index contributed by atoms with van der Waals surface area (Å²) in [5.41, 5.74) is 5.63. The first-order valence-corrected chi connectivity index (χ1v) is 4.62. The quantitative estimate of drug-likeness (QED) is 0.795. The predicted molar refractivity (Wildman–Crippen MR) is 56.5 cm³/mol. The molecule has 3 heteroatoms. The SMILES string of the molecule is Cc1cncc(CNn2cccc2)c1. The van der Waals surface area contributed by atoms with E-state index in [2.05, 4.69) is 16.5 Å². The van der Waals surface area contributed by atoms with E-state index in [1.54, 1.807) is 0 Å². The first-order chi connectivity index (χ1) is 6.84. The Hall–Kier alpha value is -1.77. The van der Waals surface area contributed by atoms with Gasteiger partial charge in [-0.25, -0.2) is 0 Å². The van der Waals surface area contributed by atoms with Gasteiger partial charge in [-0.3, -0.25) is 9.66 Å². The number of aryl methyl sites for hydroxylation is 1. The molecule has 72 valence electrons. The van der Waals surface area contributed by atoms with Crippen LogP contribution in [0.5, 0.6) is 0 Å². The molecule has 0 unspecified atom stereocenters. The van der Waals surface area contributed by atoms with Crippen molar-refractivity contribution in [1.82, 2.24) is 9.66 Å². The first-order valence-electron chi connectivity index (χ1n) is 4.62. The summed E-state index contributed by atoms with van der Waals surface area (Å²) in [6.07, 6.45) is 7.69. The molecule has 0 bridgehead atoms. The maximum absolute atomic E-state index is 4.13. The van der Waals surface area contributed by atoms with Crippen molar-refractivity contribution in [3.05, 3.63) is 54.1 Å². The topological polar surface area (TPSA) is 29.9 Å². The number of hydrogen-bond acceptors (Lipinski definition) is 2. The molecule has 0 aromatic carbocycles. The molecular weight excluding hydrogens is 174 g/mol. The van der Waals surface area contributed by atoms with Crippen LogP contribution in [-0.2, 0) is 6.54 Å². The molecule has 0 aliphatic rings. The summed E-state index contributed by atoms with van der Waals surface area (Å²) in [5, 5.41) is 0. The largest absolute Gasteiger partial charge is 0.322 e. The second-order valence-corrected chi connectivity index (χ2v) is 3.30. The molecule has 2 heterocycles. The van der Waals surface area contributed by atoms with Crippen molar-refractivity contribution < 1.29 is 0 Å². The molecule has 0 spiro atoms. The van der Waals surface area contributed by atoms with Gasteiger partial charge < -0.3 is 5.43 Å². The van der Waals surface area contributed by atoms with Crippen molar-refractivity contribution in [2.45, 2.75) is 13.5 Å². The van der Waals surface area contributed by atoms with E-state index in [1.165, 1.54) is 11.1 Å². The molecule has 14 heavy (non-hydrogen) atoms. The lowest BCUT2D eigenvalue weighted by molar-refractivity contribution is 0.843. The monoisotopic (exact) mass is 187 g/mol. The van der Waals surface area contributed by atoms with Crippen LogP contribution in [0, 0.1) is 6.92 Å². The van der Waals surface area contributed by atoms with Gasteiger partial charge in [0, 0.05) is 24.8 Å². The summed E-state index contributed by atoms with van der Waals surface area (Å²) in [6.45, 7) is 2.84. The molecule has 0 fully saturated rings. The van der Waals surface area contributed by atoms with E-state index < -0.39 is 0 Å². The number of nitrogens with one attached hydrogen (secondary N) is 1. The minimum Gasteiger partial charge on any atom is -0.322 e. The minimum atomic E-state index is 0.795. The Kier molecular flexibility index (Phi) is 2.49. The minimum absolute atomic E-state index is 0.795. The molecular formula is C11H13N3. The molecule has 0 aliphatic carbocycles. The van der Waals surface area contributed by atoms with Crippen LogP contribution in [0.15, 0.2) is 43.0 Å². The van der Waals surface area contributed by atoms with E-state index in [-0.39, 0.29) is 0 Å². The molecule has 3 nitrogen and oxygen atoms in total. The molecule has 2 aromatic rings. The second-order valence-electron chi connectivity index (χ2n) is 3.30. The highest BCUT2D eigenvalue weighted by molar-refractivity contribution is 5.17. The third-order valence-corrected chi connectivity index (χ3v) is 2.00. The Bertz CT molecular complexity index is 393. The number of hydrogen-bond donors (Lipinski definition) is 1. The first kappa shape index (κ1) is 8.81. The molecule has 0 saturated carbocycles. The van der Waals surface area contributed by atoms with Gasteiger partial charge in [0.1, 0.15) is 0 Å². The fraction of sp³-hybridized carbons (Fsp3) is 0.182. The third-order valence-electron chi connectivity index (χ3n) is 2.00. The molecule has 0 aliphatic heterocycles. The van der Waals surface area contributed by atoms with Crippen LogP contribution < -0.4 is 5.43 Å². The van der Waals surface area contributed by atoms with E-state index in [0.717, 1.165) is 6.54 Å².